The van der Waals surface area contributed by atoms with Crippen LogP contribution in [0.3, 0.4) is 0 Å². The number of hydrogen-bond acceptors (Lipinski definition) is 4. The van der Waals surface area contributed by atoms with Gasteiger partial charge in [-0.2, -0.15) is 0 Å². The third-order valence-electron chi connectivity index (χ3n) is 4.24. The van der Waals surface area contributed by atoms with Crippen molar-refractivity contribution >= 4 is 7.60 Å². The summed E-state index contributed by atoms with van der Waals surface area (Å²) in [7, 11) is -3.44. The van der Waals surface area contributed by atoms with E-state index < -0.39 is 7.60 Å². The summed E-state index contributed by atoms with van der Waals surface area (Å²) < 4.78 is 25.1. The second-order valence-corrected chi connectivity index (χ2v) is 8.74. The van der Waals surface area contributed by atoms with Gasteiger partial charge in [0.25, 0.3) is 0 Å². The van der Waals surface area contributed by atoms with E-state index in [1.54, 1.807) is 62.4 Å². The van der Waals surface area contributed by atoms with Crippen LogP contribution in [0.25, 0.3) is 0 Å². The lowest BCUT2D eigenvalue weighted by Crippen LogP contribution is -2.10. The molecule has 0 saturated heterocycles. The minimum Gasteiger partial charge on any atom is -0.508 e. The van der Waals surface area contributed by atoms with E-state index in [4.69, 9.17) is 9.05 Å². The molecule has 0 aliphatic rings. The molecule has 0 saturated carbocycles. The summed E-state index contributed by atoms with van der Waals surface area (Å²) in [5.74, 6) is 1.06. The van der Waals surface area contributed by atoms with Crippen LogP contribution in [0.15, 0.2) is 103 Å². The zero-order valence-electron chi connectivity index (χ0n) is 17.7. The van der Waals surface area contributed by atoms with Crippen molar-refractivity contribution in [2.24, 2.45) is 0 Å². The van der Waals surface area contributed by atoms with Gasteiger partial charge in [-0.15, -0.1) is 0 Å². The van der Waals surface area contributed by atoms with Crippen LogP contribution in [0.4, 0.5) is 0 Å². The molecule has 0 radical (unpaired) electrons. The molecule has 0 aliphatic heterocycles. The number of aliphatic hydroxyl groups is 1. The zero-order valence-corrected chi connectivity index (χ0v) is 18.6. The Morgan fingerprint density at radius 2 is 1.66 bits per heavy atom. The van der Waals surface area contributed by atoms with Gasteiger partial charge in [0.1, 0.15) is 17.3 Å². The van der Waals surface area contributed by atoms with Gasteiger partial charge >= 0.3 is 7.60 Å². The van der Waals surface area contributed by atoms with Crippen LogP contribution >= 0.6 is 7.60 Å². The van der Waals surface area contributed by atoms with Crippen molar-refractivity contribution in [1.82, 2.24) is 0 Å². The average Bonchev–Trinajstić information content (AvgIpc) is 2.74. The molecule has 1 N–H and O–H groups in total. The van der Waals surface area contributed by atoms with E-state index in [0.29, 0.717) is 29.1 Å². The van der Waals surface area contributed by atoms with E-state index in [1.165, 1.54) is 0 Å². The van der Waals surface area contributed by atoms with Crippen molar-refractivity contribution < 1.29 is 18.7 Å². The lowest BCUT2D eigenvalue weighted by atomic mass is 10.1. The lowest BCUT2D eigenvalue weighted by Gasteiger charge is -2.25. The molecule has 1 aromatic rings. The Bertz CT molecular complexity index is 860. The van der Waals surface area contributed by atoms with Crippen LogP contribution in [-0.4, -0.2) is 10.8 Å². The first-order valence-corrected chi connectivity index (χ1v) is 11.2. The first-order valence-electron chi connectivity index (χ1n) is 9.55. The van der Waals surface area contributed by atoms with Gasteiger partial charge in [-0.05, 0) is 74.8 Å². The van der Waals surface area contributed by atoms with Crippen LogP contribution in [0.1, 0.15) is 34.1 Å². The highest BCUT2D eigenvalue weighted by Crippen LogP contribution is 2.55. The Morgan fingerprint density at radius 3 is 2.17 bits per heavy atom. The Balaban J connectivity index is 2.95. The highest BCUT2D eigenvalue weighted by atomic mass is 31.2. The molecular weight excluding hydrogens is 383 g/mol. The third-order valence-corrected chi connectivity index (χ3v) is 6.61. The smallest absolute Gasteiger partial charge is 0.433 e. The summed E-state index contributed by atoms with van der Waals surface area (Å²) >= 11 is 0. The Hall–Kier alpha value is -2.71. The second-order valence-electron chi connectivity index (χ2n) is 6.41. The predicted molar refractivity (Wildman–Crippen MR) is 122 cm³/mol. The molecule has 2 unspecified atom stereocenters. The fourth-order valence-electron chi connectivity index (χ4n) is 2.06. The molecule has 1 aromatic carbocycles. The van der Waals surface area contributed by atoms with E-state index in [9.17, 15) is 9.67 Å². The van der Waals surface area contributed by atoms with Gasteiger partial charge in [-0.25, -0.2) is 4.57 Å². The average molecular weight is 414 g/mol. The predicted octanol–water partition coefficient (Wildman–Crippen LogP) is 7.66. The quantitative estimate of drug-likeness (QED) is 0.229. The highest BCUT2D eigenvalue weighted by Gasteiger charge is 2.35. The summed E-state index contributed by atoms with van der Waals surface area (Å²) in [5, 5.41) is 9.48. The summed E-state index contributed by atoms with van der Waals surface area (Å²) in [6, 6.07) is 9.01. The number of allylic oxidation sites excluding steroid dienone is 8. The van der Waals surface area contributed by atoms with Crippen molar-refractivity contribution in [3.8, 4) is 5.75 Å². The summed E-state index contributed by atoms with van der Waals surface area (Å²) in [4.78, 5) is 0. The largest absolute Gasteiger partial charge is 0.508 e. The summed E-state index contributed by atoms with van der Waals surface area (Å²) in [5.41, 5.74) is 0.988. The highest BCUT2D eigenvalue weighted by molar-refractivity contribution is 7.55. The molecule has 0 amide bonds. The Labute approximate surface area is 174 Å². The van der Waals surface area contributed by atoms with Gasteiger partial charge in [0.2, 0.25) is 0 Å². The van der Waals surface area contributed by atoms with Crippen molar-refractivity contribution in [3.63, 3.8) is 0 Å². The molecule has 4 nitrogen and oxygen atoms in total. The van der Waals surface area contributed by atoms with E-state index in [-0.39, 0.29) is 11.4 Å². The molecule has 0 heterocycles. The Morgan fingerprint density at radius 1 is 1.07 bits per heavy atom. The molecule has 0 aliphatic carbocycles. The topological polar surface area (TPSA) is 55.8 Å². The van der Waals surface area contributed by atoms with Crippen LogP contribution in [0.5, 0.6) is 5.75 Å². The van der Waals surface area contributed by atoms with Crippen LogP contribution in [0.2, 0.25) is 0 Å². The molecule has 29 heavy (non-hydrogen) atoms. The van der Waals surface area contributed by atoms with Gasteiger partial charge in [-0.3, -0.25) is 0 Å². The summed E-state index contributed by atoms with van der Waals surface area (Å²) in [6.45, 7) is 15.2. The molecule has 2 atom stereocenters. The van der Waals surface area contributed by atoms with Gasteiger partial charge in [0, 0.05) is 0 Å². The number of para-hydroxylation sites is 1. The minimum atomic E-state index is -3.44. The van der Waals surface area contributed by atoms with Gasteiger partial charge in [0.05, 0.1) is 5.66 Å². The fraction of sp³-hybridized carbons (Fsp3) is 0.250. The number of rotatable bonds is 11. The molecule has 0 spiro atoms. The summed E-state index contributed by atoms with van der Waals surface area (Å²) in [6.07, 6.45) is 10.6. The normalized spacial score (nSPS) is 15.9. The van der Waals surface area contributed by atoms with E-state index in [2.05, 4.69) is 13.2 Å². The van der Waals surface area contributed by atoms with E-state index >= 15 is 0 Å². The lowest BCUT2D eigenvalue weighted by molar-refractivity contribution is 0.326. The molecule has 0 fully saturated rings. The maximum atomic E-state index is 13.5. The van der Waals surface area contributed by atoms with E-state index in [0.717, 1.165) is 0 Å². The number of benzene rings is 1. The Kier molecular flexibility index (Phi) is 10.1. The van der Waals surface area contributed by atoms with Crippen molar-refractivity contribution in [1.29, 1.82) is 0 Å². The maximum Gasteiger partial charge on any atom is 0.433 e. The van der Waals surface area contributed by atoms with E-state index in [1.807, 2.05) is 32.0 Å². The van der Waals surface area contributed by atoms with Crippen LogP contribution in [-0.2, 0) is 9.09 Å². The molecule has 156 valence electrons. The zero-order chi connectivity index (χ0) is 21.9. The molecule has 0 bridgehead atoms. The first-order chi connectivity index (χ1) is 13.8. The van der Waals surface area contributed by atoms with Crippen LogP contribution in [0, 0.1) is 0 Å². The van der Waals surface area contributed by atoms with Gasteiger partial charge < -0.3 is 14.2 Å². The maximum absolute atomic E-state index is 13.5. The number of aliphatic hydroxyl groups excluding tert-OH is 1. The monoisotopic (exact) mass is 414 g/mol. The fourth-order valence-corrected chi connectivity index (χ4v) is 3.78. The van der Waals surface area contributed by atoms with Crippen molar-refractivity contribution in [3.05, 3.63) is 103 Å². The molecule has 5 heteroatoms. The first kappa shape index (κ1) is 24.3. The van der Waals surface area contributed by atoms with Crippen molar-refractivity contribution in [2.75, 3.05) is 0 Å². The minimum absolute atomic E-state index is 0.146. The van der Waals surface area contributed by atoms with Crippen molar-refractivity contribution in [2.45, 2.75) is 39.8 Å². The number of hydrogen-bond donors (Lipinski definition) is 1. The third kappa shape index (κ3) is 8.05. The SMILES string of the molecule is C=C(/C=C\C(O)=C/C)C(=C)/C=C\C(=C/C)OP(=O)(Oc1ccccc1)C(C)CC. The van der Waals surface area contributed by atoms with Gasteiger partial charge in [0.15, 0.2) is 0 Å². The standard InChI is InChI=1S/C24H31O4P/c1-7-21(6)29(26,28-24-13-11-10-12-14-24)27-23(9-3)18-16-20(5)19(4)15-17-22(25)8-2/h8-18,21,25H,4-5,7H2,1-3,6H3/b17-15-,18-16-,22-8+,23-9+. The van der Waals surface area contributed by atoms with Crippen LogP contribution < -0.4 is 4.52 Å². The second kappa shape index (κ2) is 12.0. The molecular formula is C24H31O4P. The van der Waals surface area contributed by atoms with Gasteiger partial charge in [-0.1, -0.05) is 50.4 Å². The molecule has 1 rings (SSSR count). The molecule has 0 aromatic heterocycles.